The largest absolute Gasteiger partial charge is 0.370 e. The van der Waals surface area contributed by atoms with Gasteiger partial charge in [0.1, 0.15) is 18.7 Å². The minimum atomic E-state index is 0.462. The van der Waals surface area contributed by atoms with Crippen LogP contribution in [0, 0.1) is 17.2 Å². The van der Waals surface area contributed by atoms with Crippen molar-refractivity contribution in [2.45, 2.75) is 19.4 Å². The fourth-order valence-corrected chi connectivity index (χ4v) is 3.75. The van der Waals surface area contributed by atoms with Gasteiger partial charge in [-0.05, 0) is 37.0 Å². The highest BCUT2D eigenvalue weighted by Crippen LogP contribution is 2.34. The van der Waals surface area contributed by atoms with Crippen molar-refractivity contribution < 1.29 is 0 Å². The van der Waals surface area contributed by atoms with Gasteiger partial charge in [0.15, 0.2) is 0 Å². The molecule has 0 amide bonds. The summed E-state index contributed by atoms with van der Waals surface area (Å²) in [4.78, 5) is 10.7. The second-order valence-electron chi connectivity index (χ2n) is 6.37. The lowest BCUT2D eigenvalue weighted by molar-refractivity contribution is 0.352. The molecule has 25 heavy (non-hydrogen) atoms. The number of anilines is 1. The molecule has 0 radical (unpaired) electrons. The third kappa shape index (κ3) is 3.15. The highest BCUT2D eigenvalue weighted by molar-refractivity contribution is 6.31. The molecule has 7 heteroatoms. The predicted octanol–water partition coefficient (Wildman–Crippen LogP) is 3.27. The number of piperidine rings is 1. The summed E-state index contributed by atoms with van der Waals surface area (Å²) in [5.74, 6) is 0.462. The smallest absolute Gasteiger partial charge is 0.137 e. The molecule has 0 N–H and O–H groups in total. The summed E-state index contributed by atoms with van der Waals surface area (Å²) in [6.45, 7) is 2.64. The summed E-state index contributed by atoms with van der Waals surface area (Å²) in [6, 6.07) is 7.93. The van der Waals surface area contributed by atoms with Gasteiger partial charge in [0.05, 0.1) is 16.8 Å². The van der Waals surface area contributed by atoms with Gasteiger partial charge in [-0.1, -0.05) is 11.6 Å². The normalized spacial score (nSPS) is 17.6. The first-order valence-corrected chi connectivity index (χ1v) is 8.68. The van der Waals surface area contributed by atoms with Crippen LogP contribution in [-0.2, 0) is 6.54 Å². The van der Waals surface area contributed by atoms with E-state index in [2.05, 4.69) is 26.0 Å². The number of hydrogen-bond acceptors (Lipinski definition) is 5. The topological polar surface area (TPSA) is 70.6 Å². The average Bonchev–Trinajstić information content (AvgIpc) is 3.13. The van der Waals surface area contributed by atoms with Crippen LogP contribution in [0.25, 0.3) is 10.9 Å². The van der Waals surface area contributed by atoms with Gasteiger partial charge in [0, 0.05) is 36.2 Å². The maximum Gasteiger partial charge on any atom is 0.137 e. The number of fused-ring (bicyclic) bond motifs is 1. The van der Waals surface area contributed by atoms with E-state index in [9.17, 15) is 5.26 Å². The number of nitriles is 1. The lowest BCUT2D eigenvalue weighted by Gasteiger charge is -2.35. The van der Waals surface area contributed by atoms with Crippen LogP contribution in [0.5, 0.6) is 0 Å². The lowest BCUT2D eigenvalue weighted by Crippen LogP contribution is -2.37. The Hall–Kier alpha value is -2.65. The summed E-state index contributed by atoms with van der Waals surface area (Å²) in [6.07, 6.45) is 7.19. The first kappa shape index (κ1) is 15.9. The maximum absolute atomic E-state index is 9.58. The minimum Gasteiger partial charge on any atom is -0.370 e. The van der Waals surface area contributed by atoms with Crippen molar-refractivity contribution in [2.75, 3.05) is 18.0 Å². The van der Waals surface area contributed by atoms with E-state index in [0.29, 0.717) is 16.5 Å². The zero-order valence-electron chi connectivity index (χ0n) is 13.6. The molecule has 1 aromatic carbocycles. The van der Waals surface area contributed by atoms with Crippen LogP contribution in [0.2, 0.25) is 5.02 Å². The molecule has 0 aliphatic carbocycles. The summed E-state index contributed by atoms with van der Waals surface area (Å²) < 4.78 is 1.88. The number of nitrogens with zero attached hydrogens (tertiary/aromatic N) is 6. The van der Waals surface area contributed by atoms with Gasteiger partial charge in [0.2, 0.25) is 0 Å². The summed E-state index contributed by atoms with van der Waals surface area (Å²) >= 11 is 6.20. The van der Waals surface area contributed by atoms with E-state index in [-0.39, 0.29) is 0 Å². The summed E-state index contributed by atoms with van der Waals surface area (Å²) in [7, 11) is 0. The van der Waals surface area contributed by atoms with Crippen LogP contribution in [0.4, 0.5) is 5.69 Å². The molecule has 0 saturated carbocycles. The zero-order valence-corrected chi connectivity index (χ0v) is 14.4. The van der Waals surface area contributed by atoms with E-state index in [4.69, 9.17) is 11.6 Å². The van der Waals surface area contributed by atoms with Crippen molar-refractivity contribution in [3.05, 3.63) is 47.6 Å². The van der Waals surface area contributed by atoms with E-state index in [0.717, 1.165) is 49.1 Å². The Morgan fingerprint density at radius 1 is 1.36 bits per heavy atom. The number of aromatic nitrogens is 4. The third-order valence-corrected chi connectivity index (χ3v) is 4.90. The van der Waals surface area contributed by atoms with Crippen LogP contribution in [-0.4, -0.2) is 32.8 Å². The SMILES string of the molecule is N#Cc1cnc2ccc(Cl)cc2c1N1CCCC(Cn2cncn2)C1. The quantitative estimate of drug-likeness (QED) is 0.723. The second-order valence-corrected chi connectivity index (χ2v) is 6.80. The molecule has 1 saturated heterocycles. The van der Waals surface area contributed by atoms with E-state index in [1.54, 1.807) is 18.9 Å². The molecule has 1 atom stereocenters. The number of halogens is 1. The van der Waals surface area contributed by atoms with Crippen LogP contribution >= 0.6 is 11.6 Å². The van der Waals surface area contributed by atoms with E-state index in [1.807, 2.05) is 22.9 Å². The molecule has 2 aromatic heterocycles. The standard InChI is InChI=1S/C18H17ClN6/c19-15-3-4-17-16(6-15)18(14(7-20)8-22-17)24-5-1-2-13(9-24)10-25-12-21-11-23-25/h3-4,6,8,11-13H,1-2,5,9-10H2. The zero-order chi connectivity index (χ0) is 17.2. The Bertz CT molecular complexity index is 931. The Balaban J connectivity index is 1.70. The molecule has 6 nitrogen and oxygen atoms in total. The minimum absolute atomic E-state index is 0.462. The number of pyridine rings is 1. The molecule has 3 aromatic rings. The Labute approximate surface area is 150 Å². The van der Waals surface area contributed by atoms with Crippen molar-refractivity contribution in [3.8, 4) is 6.07 Å². The monoisotopic (exact) mass is 352 g/mol. The van der Waals surface area contributed by atoms with Crippen molar-refractivity contribution in [3.63, 3.8) is 0 Å². The molecular weight excluding hydrogens is 336 g/mol. The molecule has 0 spiro atoms. The van der Waals surface area contributed by atoms with E-state index in [1.165, 1.54) is 0 Å². The molecule has 126 valence electrons. The van der Waals surface area contributed by atoms with E-state index < -0.39 is 0 Å². The van der Waals surface area contributed by atoms with Gasteiger partial charge >= 0.3 is 0 Å². The first-order valence-electron chi connectivity index (χ1n) is 8.30. The summed E-state index contributed by atoms with van der Waals surface area (Å²) in [5.41, 5.74) is 2.39. The molecule has 0 bridgehead atoms. The molecule has 1 unspecified atom stereocenters. The molecule has 4 rings (SSSR count). The number of benzene rings is 1. The molecule has 3 heterocycles. The highest BCUT2D eigenvalue weighted by Gasteiger charge is 2.24. The van der Waals surface area contributed by atoms with Gasteiger partial charge in [-0.15, -0.1) is 0 Å². The molecule has 1 aliphatic heterocycles. The van der Waals surface area contributed by atoms with Crippen LogP contribution < -0.4 is 4.90 Å². The second kappa shape index (κ2) is 6.69. The van der Waals surface area contributed by atoms with Crippen LogP contribution in [0.3, 0.4) is 0 Å². The predicted molar refractivity (Wildman–Crippen MR) is 96.4 cm³/mol. The van der Waals surface area contributed by atoms with Gasteiger partial charge < -0.3 is 4.90 Å². The van der Waals surface area contributed by atoms with Crippen LogP contribution in [0.1, 0.15) is 18.4 Å². The maximum atomic E-state index is 9.58. The van der Waals surface area contributed by atoms with Crippen molar-refractivity contribution >= 4 is 28.2 Å². The number of hydrogen-bond donors (Lipinski definition) is 0. The Morgan fingerprint density at radius 3 is 3.08 bits per heavy atom. The third-order valence-electron chi connectivity index (χ3n) is 4.67. The van der Waals surface area contributed by atoms with Gasteiger partial charge in [0.25, 0.3) is 0 Å². The average molecular weight is 353 g/mol. The van der Waals surface area contributed by atoms with Gasteiger partial charge in [-0.2, -0.15) is 10.4 Å². The van der Waals surface area contributed by atoms with Crippen molar-refractivity contribution in [1.82, 2.24) is 19.7 Å². The van der Waals surface area contributed by atoms with Gasteiger partial charge in [-0.3, -0.25) is 9.67 Å². The van der Waals surface area contributed by atoms with Crippen LogP contribution in [0.15, 0.2) is 37.1 Å². The van der Waals surface area contributed by atoms with Gasteiger partial charge in [-0.25, -0.2) is 4.98 Å². The summed E-state index contributed by atoms with van der Waals surface area (Å²) in [5, 5.41) is 15.4. The number of rotatable bonds is 3. The fourth-order valence-electron chi connectivity index (χ4n) is 3.58. The van der Waals surface area contributed by atoms with E-state index >= 15 is 0 Å². The molecular formula is C18H17ClN6. The first-order chi connectivity index (χ1) is 12.2. The van der Waals surface area contributed by atoms with Crippen molar-refractivity contribution in [2.24, 2.45) is 5.92 Å². The van der Waals surface area contributed by atoms with Crippen molar-refractivity contribution in [1.29, 1.82) is 5.26 Å². The fraction of sp³-hybridized carbons (Fsp3) is 0.333. The Morgan fingerprint density at radius 2 is 2.28 bits per heavy atom. The Kier molecular flexibility index (Phi) is 4.24. The lowest BCUT2D eigenvalue weighted by atomic mass is 9.96. The highest BCUT2D eigenvalue weighted by atomic mass is 35.5. The molecule has 1 aliphatic rings. The molecule has 1 fully saturated rings.